The monoisotopic (exact) mass is 331 g/mol. The van der Waals surface area contributed by atoms with Crippen LogP contribution in [0.4, 0.5) is 0 Å². The molecule has 1 aromatic rings. The van der Waals surface area contributed by atoms with Gasteiger partial charge in [-0.2, -0.15) is 0 Å². The third-order valence-corrected chi connectivity index (χ3v) is 5.18. The second-order valence-electron chi connectivity index (χ2n) is 5.43. The zero-order valence-electron chi connectivity index (χ0n) is 12.7. The van der Waals surface area contributed by atoms with Crippen molar-refractivity contribution in [1.82, 2.24) is 13.9 Å². The number of hydrogen-bond acceptors (Lipinski definition) is 5. The number of aromatic nitrogens is 2. The summed E-state index contributed by atoms with van der Waals surface area (Å²) in [4.78, 5) is 23.1. The first-order valence-electron chi connectivity index (χ1n) is 7.21. The number of nitrogens with zero attached hydrogens (tertiary/aromatic N) is 2. The van der Waals surface area contributed by atoms with Gasteiger partial charge >= 0.3 is 5.69 Å². The van der Waals surface area contributed by atoms with Gasteiger partial charge in [-0.25, -0.2) is 17.9 Å². The van der Waals surface area contributed by atoms with E-state index in [0.717, 1.165) is 34.6 Å². The highest BCUT2D eigenvalue weighted by atomic mass is 32.2. The Labute approximate surface area is 128 Å². The molecule has 0 bridgehead atoms. The average molecular weight is 331 g/mol. The molecule has 1 atom stereocenters. The molecule has 0 aromatic carbocycles. The van der Waals surface area contributed by atoms with Crippen LogP contribution in [0.2, 0.25) is 0 Å². The Morgan fingerprint density at radius 3 is 2.68 bits per heavy atom. The molecule has 0 amide bonds. The van der Waals surface area contributed by atoms with E-state index in [4.69, 9.17) is 4.74 Å². The molecule has 0 saturated carbocycles. The molecule has 9 heteroatoms. The summed E-state index contributed by atoms with van der Waals surface area (Å²) in [7, 11) is -1.30. The van der Waals surface area contributed by atoms with Gasteiger partial charge in [0.25, 0.3) is 5.56 Å². The molecule has 1 aliphatic rings. The Morgan fingerprint density at radius 1 is 1.32 bits per heavy atom. The van der Waals surface area contributed by atoms with Crippen LogP contribution in [0.1, 0.15) is 25.7 Å². The minimum absolute atomic E-state index is 0.0550. The van der Waals surface area contributed by atoms with Crippen LogP contribution in [0.3, 0.4) is 0 Å². The van der Waals surface area contributed by atoms with Crippen molar-refractivity contribution in [3.8, 4) is 0 Å². The van der Waals surface area contributed by atoms with E-state index in [-0.39, 0.29) is 12.6 Å². The topological polar surface area (TPSA) is 99.4 Å². The van der Waals surface area contributed by atoms with Crippen LogP contribution in [0.5, 0.6) is 0 Å². The Kier molecular flexibility index (Phi) is 5.20. The molecule has 22 heavy (non-hydrogen) atoms. The highest BCUT2D eigenvalue weighted by Crippen LogP contribution is 2.15. The second-order valence-corrected chi connectivity index (χ2v) is 7.16. The van der Waals surface area contributed by atoms with Crippen LogP contribution < -0.4 is 16.0 Å². The first-order valence-corrected chi connectivity index (χ1v) is 8.69. The largest absolute Gasteiger partial charge is 0.378 e. The number of sulfonamides is 1. The molecular weight excluding hydrogens is 310 g/mol. The summed E-state index contributed by atoms with van der Waals surface area (Å²) in [5.74, 6) is 0. The summed E-state index contributed by atoms with van der Waals surface area (Å²) in [5.41, 5.74) is -1.40. The first kappa shape index (κ1) is 16.9. The zero-order chi connectivity index (χ0) is 16.3. The molecule has 1 aromatic heterocycles. The fraction of sp³-hybridized carbons (Fsp3) is 0.692. The highest BCUT2D eigenvalue weighted by molar-refractivity contribution is 7.89. The molecule has 1 saturated heterocycles. The van der Waals surface area contributed by atoms with E-state index in [1.54, 1.807) is 0 Å². The third-order valence-electron chi connectivity index (χ3n) is 3.74. The van der Waals surface area contributed by atoms with Crippen LogP contribution in [-0.4, -0.2) is 36.8 Å². The van der Waals surface area contributed by atoms with E-state index in [0.29, 0.717) is 13.0 Å². The Balaban J connectivity index is 2.10. The molecule has 2 heterocycles. The lowest BCUT2D eigenvalue weighted by Gasteiger charge is -2.22. The van der Waals surface area contributed by atoms with E-state index in [1.165, 1.54) is 14.1 Å². The van der Waals surface area contributed by atoms with Crippen molar-refractivity contribution in [3.63, 3.8) is 0 Å². The van der Waals surface area contributed by atoms with Crippen molar-refractivity contribution in [2.75, 3.05) is 13.2 Å². The lowest BCUT2D eigenvalue weighted by Crippen LogP contribution is -2.41. The molecule has 0 spiro atoms. The van der Waals surface area contributed by atoms with Gasteiger partial charge in [-0.1, -0.05) is 0 Å². The summed E-state index contributed by atoms with van der Waals surface area (Å²) in [6.07, 6.45) is 4.70. The van der Waals surface area contributed by atoms with Gasteiger partial charge in [0, 0.05) is 33.4 Å². The normalized spacial score (nSPS) is 19.3. The molecular formula is C13H21N3O5S. The maximum Gasteiger partial charge on any atom is 0.330 e. The number of hydrogen-bond donors (Lipinski definition) is 1. The van der Waals surface area contributed by atoms with Gasteiger partial charge in [0.05, 0.1) is 6.10 Å². The van der Waals surface area contributed by atoms with Crippen molar-refractivity contribution < 1.29 is 13.2 Å². The van der Waals surface area contributed by atoms with E-state index in [1.807, 2.05) is 0 Å². The van der Waals surface area contributed by atoms with Crippen LogP contribution in [-0.2, 0) is 28.9 Å². The molecule has 2 rings (SSSR count). The third kappa shape index (κ3) is 3.65. The van der Waals surface area contributed by atoms with Crippen molar-refractivity contribution >= 4 is 10.0 Å². The Morgan fingerprint density at radius 2 is 2.05 bits per heavy atom. The van der Waals surface area contributed by atoms with Gasteiger partial charge in [0.1, 0.15) is 0 Å². The van der Waals surface area contributed by atoms with Crippen LogP contribution in [0.25, 0.3) is 0 Å². The molecule has 8 nitrogen and oxygen atoms in total. The molecule has 1 fully saturated rings. The molecule has 1 aliphatic heterocycles. The van der Waals surface area contributed by atoms with E-state index >= 15 is 0 Å². The summed E-state index contributed by atoms with van der Waals surface area (Å²) in [6.45, 7) is 0.901. The summed E-state index contributed by atoms with van der Waals surface area (Å²) in [6, 6.07) is 0. The molecule has 1 N–H and O–H groups in total. The predicted molar refractivity (Wildman–Crippen MR) is 80.3 cm³/mol. The minimum atomic E-state index is -3.95. The van der Waals surface area contributed by atoms with Gasteiger partial charge in [0.2, 0.25) is 10.0 Å². The number of ether oxygens (including phenoxy) is 1. The maximum absolute atomic E-state index is 12.2. The van der Waals surface area contributed by atoms with E-state index < -0.39 is 26.2 Å². The first-order chi connectivity index (χ1) is 10.3. The van der Waals surface area contributed by atoms with Gasteiger partial charge in [0.15, 0.2) is 4.90 Å². The fourth-order valence-electron chi connectivity index (χ4n) is 2.43. The Bertz CT molecular complexity index is 744. The molecule has 1 unspecified atom stereocenters. The van der Waals surface area contributed by atoms with E-state index in [9.17, 15) is 18.0 Å². The lowest BCUT2D eigenvalue weighted by atomic mass is 10.1. The smallest absolute Gasteiger partial charge is 0.330 e. The zero-order valence-corrected chi connectivity index (χ0v) is 13.6. The summed E-state index contributed by atoms with van der Waals surface area (Å²) in [5, 5.41) is 0. The van der Waals surface area contributed by atoms with Crippen LogP contribution in [0, 0.1) is 0 Å². The maximum atomic E-state index is 12.2. The van der Waals surface area contributed by atoms with Crippen molar-refractivity contribution in [1.29, 1.82) is 0 Å². The molecule has 0 radical (unpaired) electrons. The number of aryl methyl sites for hydroxylation is 1. The van der Waals surface area contributed by atoms with Crippen molar-refractivity contribution in [2.45, 2.75) is 36.7 Å². The van der Waals surface area contributed by atoms with Gasteiger partial charge in [-0.05, 0) is 25.7 Å². The fourth-order valence-corrected chi connectivity index (χ4v) is 3.63. The van der Waals surface area contributed by atoms with Crippen LogP contribution in [0.15, 0.2) is 20.7 Å². The van der Waals surface area contributed by atoms with Crippen molar-refractivity contribution in [2.24, 2.45) is 14.1 Å². The standard InChI is InChI=1S/C13H21N3O5S/c1-15-9-11(12(17)16(2)13(15)18)22(19,20)14-7-6-10-5-3-4-8-21-10/h9-10,14H,3-8H2,1-2H3. The lowest BCUT2D eigenvalue weighted by molar-refractivity contribution is 0.0123. The quantitative estimate of drug-likeness (QED) is 0.771. The van der Waals surface area contributed by atoms with Crippen LogP contribution >= 0.6 is 0 Å². The number of nitrogens with one attached hydrogen (secondary N) is 1. The second kappa shape index (κ2) is 6.76. The predicted octanol–water partition coefficient (Wildman–Crippen LogP) is -0.678. The molecule has 0 aliphatic carbocycles. The molecule has 124 valence electrons. The number of rotatable bonds is 5. The van der Waals surface area contributed by atoms with Gasteiger partial charge < -0.3 is 9.30 Å². The van der Waals surface area contributed by atoms with Gasteiger partial charge in [-0.15, -0.1) is 0 Å². The average Bonchev–Trinajstić information content (AvgIpc) is 2.49. The highest BCUT2D eigenvalue weighted by Gasteiger charge is 2.22. The Hall–Kier alpha value is -1.45. The van der Waals surface area contributed by atoms with E-state index in [2.05, 4.69) is 4.72 Å². The minimum Gasteiger partial charge on any atom is -0.378 e. The SMILES string of the molecule is Cn1cc(S(=O)(=O)NCCC2CCCCO2)c(=O)n(C)c1=O. The summed E-state index contributed by atoms with van der Waals surface area (Å²) < 4.78 is 34.2. The van der Waals surface area contributed by atoms with Gasteiger partial charge in [-0.3, -0.25) is 9.36 Å². The van der Waals surface area contributed by atoms with Crippen molar-refractivity contribution in [3.05, 3.63) is 27.0 Å². The summed E-state index contributed by atoms with van der Waals surface area (Å²) >= 11 is 0.